The molecule has 2 aromatic heterocycles. The van der Waals surface area contributed by atoms with Crippen molar-refractivity contribution in [3.63, 3.8) is 0 Å². The van der Waals surface area contributed by atoms with E-state index in [0.29, 0.717) is 36.1 Å². The van der Waals surface area contributed by atoms with Gasteiger partial charge in [-0.2, -0.15) is 24.2 Å². The van der Waals surface area contributed by atoms with Crippen molar-refractivity contribution in [1.29, 1.82) is 5.41 Å². The van der Waals surface area contributed by atoms with E-state index in [2.05, 4.69) is 56.5 Å². The van der Waals surface area contributed by atoms with Crippen LogP contribution < -0.4 is 56.7 Å². The predicted octanol–water partition coefficient (Wildman–Crippen LogP) is 7.36. The number of benzene rings is 1. The van der Waals surface area contributed by atoms with Gasteiger partial charge in [-0.1, -0.05) is 74.4 Å². The summed E-state index contributed by atoms with van der Waals surface area (Å²) in [5, 5.41) is 13.7. The van der Waals surface area contributed by atoms with Gasteiger partial charge >= 0.3 is 51.4 Å². The molecule has 0 spiro atoms. The molecule has 1 aliphatic heterocycles. The Kier molecular flexibility index (Phi) is 23.8. The molecule has 1 aliphatic carbocycles. The SMILES string of the molecule is C=C.C=C.CC.C[CH-]F.[CH-]=C1C=C(C(=O)NCC(c2ccccc2)c2cc(C(CC)N3CO3)c(C)c(-c3ccnc(C)c3Cl)n2)C=C(C)C1=N.[K+]. The zero-order valence-corrected chi connectivity index (χ0v) is 35.3. The molecule has 5 rings (SSSR count). The summed E-state index contributed by atoms with van der Waals surface area (Å²) in [5.74, 6) is -0.508. The summed E-state index contributed by atoms with van der Waals surface area (Å²) >= 11 is 6.78. The monoisotopic (exact) mass is 738 g/mol. The molecule has 2 N–H and O–H groups in total. The zero-order valence-electron chi connectivity index (χ0n) is 31.4. The summed E-state index contributed by atoms with van der Waals surface area (Å²) in [4.78, 5) is 28.4. The van der Waals surface area contributed by atoms with Gasteiger partial charge in [-0.15, -0.1) is 32.4 Å². The van der Waals surface area contributed by atoms with Crippen LogP contribution >= 0.6 is 11.6 Å². The fourth-order valence-corrected chi connectivity index (χ4v) is 5.48. The topological polar surface area (TPSA) is 94.3 Å². The third-order valence-electron chi connectivity index (χ3n) is 7.68. The van der Waals surface area contributed by atoms with E-state index in [-0.39, 0.29) is 80.5 Å². The molecule has 3 atom stereocenters. The average Bonchev–Trinajstić information content (AvgIpc) is 3.98. The number of aromatic nitrogens is 2. The molecule has 3 unspecified atom stereocenters. The minimum absolute atomic E-state index is 0. The van der Waals surface area contributed by atoms with E-state index in [4.69, 9.17) is 33.4 Å². The number of nitrogens with one attached hydrogen (secondary N) is 2. The molecule has 1 saturated heterocycles. The summed E-state index contributed by atoms with van der Waals surface area (Å²) in [6.45, 7) is 32.6. The van der Waals surface area contributed by atoms with Crippen molar-refractivity contribution in [2.75, 3.05) is 13.3 Å². The van der Waals surface area contributed by atoms with Crippen molar-refractivity contribution in [3.05, 3.63) is 150 Å². The first-order valence-corrected chi connectivity index (χ1v) is 16.8. The smallest absolute Gasteiger partial charge is 0.460 e. The first-order chi connectivity index (χ1) is 24.1. The number of allylic oxidation sites excluding steroid dienone is 3. The van der Waals surface area contributed by atoms with Gasteiger partial charge in [-0.3, -0.25) is 19.6 Å². The molecular formula is C41H51ClFKN5O2-. The minimum atomic E-state index is -0.259. The van der Waals surface area contributed by atoms with Crippen molar-refractivity contribution in [1.82, 2.24) is 20.3 Å². The second kappa shape index (κ2) is 25.2. The summed E-state index contributed by atoms with van der Waals surface area (Å²) in [6.07, 6.45) is 5.84. The molecule has 3 aromatic rings. The third kappa shape index (κ3) is 13.2. The van der Waals surface area contributed by atoms with Crippen LogP contribution in [-0.4, -0.2) is 39.9 Å². The van der Waals surface area contributed by atoms with Gasteiger partial charge in [-0.05, 0) is 67.3 Å². The number of hydrogen-bond acceptors (Lipinski definition) is 6. The van der Waals surface area contributed by atoms with Gasteiger partial charge in [0.25, 0.3) is 0 Å². The number of aryl methyl sites for hydroxylation is 1. The van der Waals surface area contributed by atoms with Crippen LogP contribution in [-0.2, 0) is 9.63 Å². The van der Waals surface area contributed by atoms with Crippen LogP contribution in [0.1, 0.15) is 81.1 Å². The van der Waals surface area contributed by atoms with E-state index in [0.717, 1.165) is 45.8 Å². The van der Waals surface area contributed by atoms with Crippen molar-refractivity contribution in [3.8, 4) is 11.3 Å². The fraction of sp³-hybridized carbons (Fsp3) is 0.293. The van der Waals surface area contributed by atoms with Crippen LogP contribution in [0.4, 0.5) is 4.39 Å². The molecule has 1 amide bonds. The predicted molar refractivity (Wildman–Crippen MR) is 206 cm³/mol. The van der Waals surface area contributed by atoms with Crippen molar-refractivity contribution < 1.29 is 65.4 Å². The third-order valence-corrected chi connectivity index (χ3v) is 8.15. The fourth-order valence-electron chi connectivity index (χ4n) is 5.28. The Morgan fingerprint density at radius 3 is 2.25 bits per heavy atom. The molecule has 268 valence electrons. The van der Waals surface area contributed by atoms with Crippen LogP contribution in [0, 0.1) is 32.5 Å². The van der Waals surface area contributed by atoms with Crippen molar-refractivity contribution >= 4 is 23.2 Å². The van der Waals surface area contributed by atoms with Crippen LogP contribution in [0.2, 0.25) is 5.02 Å². The standard InChI is InChI=1S/C33H33ClN5O2.C2H4F.C2H6.2C2H4.K/c1-6-29(39-18-41-39)26-16-28(38-32(21(26)4)25-12-13-36-22(5)30(25)34)27(23-10-8-7-9-11-23)17-37-33(40)24-14-19(2)31(35)20(3)15-24;1-2-3;3*1-2;/h2,7-16,27,29,35H,6,17-18H2,1,3-5H3,(H,37,40);2H,1H3;1-2H3;2*1-2H2;/q2*-1;;;;+1. The Morgan fingerprint density at radius 2 is 1.73 bits per heavy atom. The molecule has 51 heavy (non-hydrogen) atoms. The number of hydroxylamine groups is 2. The quantitative estimate of drug-likeness (QED) is 0.104. The molecule has 2 aliphatic rings. The summed E-state index contributed by atoms with van der Waals surface area (Å²) in [7, 11) is 0. The Labute approximate surface area is 352 Å². The molecule has 3 heterocycles. The van der Waals surface area contributed by atoms with Crippen LogP contribution in [0.25, 0.3) is 11.3 Å². The number of nitrogens with zero attached hydrogens (tertiary/aromatic N) is 3. The van der Waals surface area contributed by atoms with Crippen molar-refractivity contribution in [2.24, 2.45) is 0 Å². The molecule has 1 fully saturated rings. The molecule has 7 nitrogen and oxygen atoms in total. The van der Waals surface area contributed by atoms with Gasteiger partial charge in [-0.25, -0.2) is 6.58 Å². The van der Waals surface area contributed by atoms with Gasteiger partial charge in [0.2, 0.25) is 5.91 Å². The Morgan fingerprint density at radius 1 is 1.14 bits per heavy atom. The number of halogens is 2. The van der Waals surface area contributed by atoms with Gasteiger partial charge in [0, 0.05) is 24.2 Å². The molecule has 10 heteroatoms. The maximum atomic E-state index is 13.3. The van der Waals surface area contributed by atoms with E-state index in [9.17, 15) is 9.18 Å². The van der Waals surface area contributed by atoms with E-state index in [1.165, 1.54) is 6.92 Å². The van der Waals surface area contributed by atoms with E-state index >= 15 is 0 Å². The average molecular weight is 739 g/mol. The van der Waals surface area contributed by atoms with Crippen LogP contribution in [0.3, 0.4) is 0 Å². The molecule has 0 bridgehead atoms. The van der Waals surface area contributed by atoms with Gasteiger partial charge < -0.3 is 15.1 Å². The Balaban J connectivity index is 0.00000230. The Bertz CT molecular complexity index is 1660. The minimum Gasteiger partial charge on any atom is -0.460 e. The summed E-state index contributed by atoms with van der Waals surface area (Å²) < 4.78 is 10.2. The van der Waals surface area contributed by atoms with Gasteiger partial charge in [0.15, 0.2) is 0 Å². The first-order valence-electron chi connectivity index (χ1n) is 16.5. The second-order valence-corrected chi connectivity index (χ2v) is 11.0. The summed E-state index contributed by atoms with van der Waals surface area (Å²) in [5.41, 5.74) is 7.89. The number of rotatable bonds is 9. The number of carbonyl (C=O) groups excluding carboxylic acids is 1. The Hall–Kier alpha value is -2.86. The number of pyridine rings is 2. The van der Waals surface area contributed by atoms with Crippen LogP contribution in [0.15, 0.2) is 104 Å². The van der Waals surface area contributed by atoms with E-state index in [1.807, 2.05) is 62.2 Å². The maximum absolute atomic E-state index is 13.3. The second-order valence-electron chi connectivity index (χ2n) is 10.6. The van der Waals surface area contributed by atoms with Gasteiger partial charge in [0.1, 0.15) is 6.73 Å². The first kappa shape index (κ1) is 48.1. The van der Waals surface area contributed by atoms with E-state index in [1.54, 1.807) is 25.3 Å². The number of carbonyl (C=O) groups is 1. The number of hydrogen-bond donors (Lipinski definition) is 2. The largest absolute Gasteiger partial charge is 1.00 e. The molecular weight excluding hydrogens is 688 g/mol. The van der Waals surface area contributed by atoms with Crippen LogP contribution in [0.5, 0.6) is 0 Å². The molecule has 1 aromatic carbocycles. The van der Waals surface area contributed by atoms with Crippen molar-refractivity contribution in [2.45, 2.75) is 66.8 Å². The van der Waals surface area contributed by atoms with Gasteiger partial charge in [0.05, 0.1) is 28.1 Å². The molecule has 0 radical (unpaired) electrons. The normalized spacial score (nSPS) is 15.0. The maximum Gasteiger partial charge on any atom is 1.00 e. The zero-order chi connectivity index (χ0) is 38.0. The van der Waals surface area contributed by atoms with E-state index < -0.39 is 0 Å². The molecule has 0 saturated carbocycles. The number of amides is 1. The summed E-state index contributed by atoms with van der Waals surface area (Å²) in [6, 6.07) is 14.1.